The highest BCUT2D eigenvalue weighted by Gasteiger charge is 2.32. The van der Waals surface area contributed by atoms with Crippen molar-refractivity contribution in [2.75, 3.05) is 7.05 Å². The van der Waals surface area contributed by atoms with Crippen LogP contribution in [0.15, 0.2) is 24.3 Å². The monoisotopic (exact) mass is 290 g/mol. The molecule has 4 nitrogen and oxygen atoms in total. The van der Waals surface area contributed by atoms with Crippen LogP contribution >= 0.6 is 0 Å². The van der Waals surface area contributed by atoms with Gasteiger partial charge in [-0.2, -0.15) is 0 Å². The second-order valence-corrected chi connectivity index (χ2v) is 5.80. The van der Waals surface area contributed by atoms with Crippen LogP contribution in [0, 0.1) is 5.92 Å². The number of carbonyl (C=O) groups is 1. The fraction of sp³-hybridized carbons (Fsp3) is 0.588. The van der Waals surface area contributed by atoms with Crippen molar-refractivity contribution in [3.05, 3.63) is 29.8 Å². The van der Waals surface area contributed by atoms with E-state index in [0.717, 1.165) is 37.7 Å². The lowest BCUT2D eigenvalue weighted by atomic mass is 9.83. The Morgan fingerprint density at radius 2 is 2.05 bits per heavy atom. The van der Waals surface area contributed by atoms with E-state index in [9.17, 15) is 9.90 Å². The first kappa shape index (κ1) is 15.8. The second-order valence-electron chi connectivity index (χ2n) is 5.80. The molecule has 1 aliphatic carbocycles. The topological polar surface area (TPSA) is 61.4 Å². The van der Waals surface area contributed by atoms with Crippen LogP contribution in [0.5, 0.6) is 5.75 Å². The van der Waals surface area contributed by atoms with E-state index in [4.69, 9.17) is 0 Å². The van der Waals surface area contributed by atoms with E-state index < -0.39 is 0 Å². The molecule has 4 heteroatoms. The molecule has 0 radical (unpaired) electrons. The maximum absolute atomic E-state index is 12.1. The zero-order valence-corrected chi connectivity index (χ0v) is 12.9. The van der Waals surface area contributed by atoms with E-state index in [0.29, 0.717) is 5.75 Å². The highest BCUT2D eigenvalue weighted by atomic mass is 16.3. The zero-order chi connectivity index (χ0) is 15.2. The Hall–Kier alpha value is -1.55. The van der Waals surface area contributed by atoms with Gasteiger partial charge >= 0.3 is 0 Å². The van der Waals surface area contributed by atoms with Crippen LogP contribution in [0.4, 0.5) is 0 Å². The molecule has 3 atom stereocenters. The average Bonchev–Trinajstić information content (AvgIpc) is 2.53. The Balaban J connectivity index is 2.13. The molecule has 1 saturated carbocycles. The molecule has 0 heterocycles. The molecule has 3 unspecified atom stereocenters. The van der Waals surface area contributed by atoms with E-state index in [1.807, 2.05) is 18.2 Å². The number of phenols is 1. The van der Waals surface area contributed by atoms with E-state index in [1.165, 1.54) is 0 Å². The van der Waals surface area contributed by atoms with Crippen LogP contribution in [-0.4, -0.2) is 24.1 Å². The van der Waals surface area contributed by atoms with Crippen molar-refractivity contribution in [2.45, 2.75) is 51.1 Å². The van der Waals surface area contributed by atoms with Gasteiger partial charge in [-0.05, 0) is 25.3 Å². The van der Waals surface area contributed by atoms with Crippen molar-refractivity contribution >= 4 is 5.91 Å². The summed E-state index contributed by atoms with van der Waals surface area (Å²) < 4.78 is 0. The maximum Gasteiger partial charge on any atom is 0.224 e. The molecule has 116 valence electrons. The first-order chi connectivity index (χ1) is 10.2. The number of amides is 1. The van der Waals surface area contributed by atoms with E-state index >= 15 is 0 Å². The minimum absolute atomic E-state index is 0.0312. The van der Waals surface area contributed by atoms with Gasteiger partial charge in [0.05, 0.1) is 5.92 Å². The molecular weight excluding hydrogens is 264 g/mol. The number of nitrogens with one attached hydrogen (secondary N) is 2. The van der Waals surface area contributed by atoms with Gasteiger partial charge in [0.1, 0.15) is 5.75 Å². The molecule has 0 aromatic heterocycles. The third kappa shape index (κ3) is 3.76. The number of carbonyl (C=O) groups excluding carboxylic acids is 1. The summed E-state index contributed by atoms with van der Waals surface area (Å²) in [7, 11) is 1.70. The van der Waals surface area contributed by atoms with Gasteiger partial charge in [-0.15, -0.1) is 0 Å². The van der Waals surface area contributed by atoms with Crippen molar-refractivity contribution < 1.29 is 9.90 Å². The van der Waals surface area contributed by atoms with Crippen molar-refractivity contribution in [3.8, 4) is 5.75 Å². The van der Waals surface area contributed by atoms with Crippen molar-refractivity contribution in [1.82, 2.24) is 10.6 Å². The lowest BCUT2D eigenvalue weighted by Gasteiger charge is -2.34. The SMILES string of the molecule is CCC(NC1CCCCC1C(=O)NC)c1ccccc1O. The summed E-state index contributed by atoms with van der Waals surface area (Å²) in [5.41, 5.74) is 0.918. The van der Waals surface area contributed by atoms with Gasteiger partial charge in [0.2, 0.25) is 5.91 Å². The molecular formula is C17H26N2O2. The highest BCUT2D eigenvalue weighted by molar-refractivity contribution is 5.79. The van der Waals surface area contributed by atoms with Crippen LogP contribution in [0.25, 0.3) is 0 Å². The minimum Gasteiger partial charge on any atom is -0.508 e. The molecule has 0 aliphatic heterocycles. The van der Waals surface area contributed by atoms with E-state index in [1.54, 1.807) is 13.1 Å². The molecule has 0 bridgehead atoms. The highest BCUT2D eigenvalue weighted by Crippen LogP contribution is 2.31. The molecule has 3 N–H and O–H groups in total. The van der Waals surface area contributed by atoms with Gasteiger partial charge in [0.25, 0.3) is 0 Å². The predicted molar refractivity (Wildman–Crippen MR) is 84.1 cm³/mol. The molecule has 1 aromatic rings. The number of hydrogen-bond donors (Lipinski definition) is 3. The summed E-state index contributed by atoms with van der Waals surface area (Å²) in [6, 6.07) is 7.71. The normalized spacial score (nSPS) is 23.5. The van der Waals surface area contributed by atoms with E-state index in [2.05, 4.69) is 17.6 Å². The average molecular weight is 290 g/mol. The Labute approximate surface area is 126 Å². The largest absolute Gasteiger partial charge is 0.508 e. The Morgan fingerprint density at radius 3 is 2.71 bits per heavy atom. The first-order valence-electron chi connectivity index (χ1n) is 7.92. The Morgan fingerprint density at radius 1 is 1.33 bits per heavy atom. The van der Waals surface area contributed by atoms with Gasteiger partial charge in [-0.3, -0.25) is 4.79 Å². The van der Waals surface area contributed by atoms with Crippen molar-refractivity contribution in [2.24, 2.45) is 5.92 Å². The first-order valence-corrected chi connectivity index (χ1v) is 7.92. The van der Waals surface area contributed by atoms with Crippen molar-refractivity contribution in [1.29, 1.82) is 0 Å². The van der Waals surface area contributed by atoms with Crippen LogP contribution in [0.2, 0.25) is 0 Å². The van der Waals surface area contributed by atoms with E-state index in [-0.39, 0.29) is 23.9 Å². The minimum atomic E-state index is 0.0312. The number of hydrogen-bond acceptors (Lipinski definition) is 3. The number of phenolic OH excluding ortho intramolecular Hbond substituents is 1. The molecule has 0 saturated heterocycles. The van der Waals surface area contributed by atoms with Crippen molar-refractivity contribution in [3.63, 3.8) is 0 Å². The second kappa shape index (κ2) is 7.46. The van der Waals surface area contributed by atoms with Gasteiger partial charge in [-0.1, -0.05) is 38.0 Å². The molecule has 1 aliphatic rings. The lowest BCUT2D eigenvalue weighted by Crippen LogP contribution is -2.46. The standard InChI is InChI=1S/C17H26N2O2/c1-3-14(12-8-5-7-11-16(12)20)19-15-10-6-4-9-13(15)17(21)18-2/h5,7-8,11,13-15,19-20H,3-4,6,9-10H2,1-2H3,(H,18,21). The molecule has 21 heavy (non-hydrogen) atoms. The predicted octanol–water partition coefficient (Wildman–Crippen LogP) is 2.74. The third-order valence-electron chi connectivity index (χ3n) is 4.48. The molecule has 1 amide bonds. The number of rotatable bonds is 5. The third-order valence-corrected chi connectivity index (χ3v) is 4.48. The van der Waals surface area contributed by atoms with Gasteiger partial charge < -0.3 is 15.7 Å². The zero-order valence-electron chi connectivity index (χ0n) is 12.9. The fourth-order valence-corrected chi connectivity index (χ4v) is 3.30. The number of aromatic hydroxyl groups is 1. The summed E-state index contributed by atoms with van der Waals surface area (Å²) in [5.74, 6) is 0.479. The number of benzene rings is 1. The van der Waals surface area contributed by atoms with Crippen LogP contribution in [0.3, 0.4) is 0 Å². The molecule has 1 aromatic carbocycles. The summed E-state index contributed by atoms with van der Waals surface area (Å²) in [6.07, 6.45) is 5.11. The van der Waals surface area contributed by atoms with Crippen LogP contribution in [0.1, 0.15) is 50.6 Å². The Bertz CT molecular complexity index is 476. The maximum atomic E-state index is 12.1. The summed E-state index contributed by atoms with van der Waals surface area (Å²) >= 11 is 0. The summed E-state index contributed by atoms with van der Waals surface area (Å²) in [5, 5.41) is 16.4. The smallest absolute Gasteiger partial charge is 0.224 e. The molecule has 1 fully saturated rings. The molecule has 0 spiro atoms. The van der Waals surface area contributed by atoms with Gasteiger partial charge in [0, 0.05) is 24.7 Å². The Kier molecular flexibility index (Phi) is 5.62. The lowest BCUT2D eigenvalue weighted by molar-refractivity contribution is -0.126. The summed E-state index contributed by atoms with van der Waals surface area (Å²) in [6.45, 7) is 2.10. The van der Waals surface area contributed by atoms with Crippen LogP contribution in [-0.2, 0) is 4.79 Å². The quantitative estimate of drug-likeness (QED) is 0.781. The van der Waals surface area contributed by atoms with Gasteiger partial charge in [0.15, 0.2) is 0 Å². The fourth-order valence-electron chi connectivity index (χ4n) is 3.30. The van der Waals surface area contributed by atoms with Crippen LogP contribution < -0.4 is 10.6 Å². The summed E-state index contributed by atoms with van der Waals surface area (Å²) in [4.78, 5) is 12.1. The van der Waals surface area contributed by atoms with Gasteiger partial charge in [-0.25, -0.2) is 0 Å². The number of para-hydroxylation sites is 1. The molecule has 2 rings (SSSR count).